The van der Waals surface area contributed by atoms with E-state index in [1.54, 1.807) is 6.08 Å². The van der Waals surface area contributed by atoms with Crippen LogP contribution < -0.4 is 0 Å². The van der Waals surface area contributed by atoms with E-state index in [2.05, 4.69) is 20.4 Å². The lowest BCUT2D eigenvalue weighted by Gasteiger charge is -2.49. The summed E-state index contributed by atoms with van der Waals surface area (Å²) in [5, 5.41) is 12.1. The number of esters is 2. The third-order valence-corrected chi connectivity index (χ3v) is 12.0. The molecular weight excluding hydrogens is 460 g/mol. The van der Waals surface area contributed by atoms with Crippen molar-refractivity contribution in [2.75, 3.05) is 0 Å². The number of carbonyl (C=O) groups is 4. The first kappa shape index (κ1) is 22.9. The molecule has 0 aromatic carbocycles. The summed E-state index contributed by atoms with van der Waals surface area (Å²) in [6.07, 6.45) is 3.86. The van der Waals surface area contributed by atoms with Gasteiger partial charge in [0, 0.05) is 29.2 Å². The zero-order chi connectivity index (χ0) is 25.5. The maximum Gasteiger partial charge on any atom is 0.334 e. The smallest absolute Gasteiger partial charge is 0.334 e. The molecule has 7 rings (SSSR count). The number of Topliss-reactive ketones (excluding diaryl/α,β-unsaturated/α-hetero) is 1. The third-order valence-electron chi connectivity index (χ3n) is 12.0. The summed E-state index contributed by atoms with van der Waals surface area (Å²) in [6, 6.07) is 0. The molecule has 0 amide bonds. The standard InChI is InChI=1S/C29H34O7/c1-12-7-19-23(24(32)27(4)17(12)5-6-20(27)30)29(26(34)36-19)10-15-9-21(31)28(29)11-16-14(3)25(33)35-18(16)8-13(2)22(15)28/h5-6,12-13,15-19,22-24,32H,3,7-11H2,1-2,4H3/t12-,13-,15-,16-,17+,18-,19?,22-,23?,24+,27+,28?,29-/m1/s1. The van der Waals surface area contributed by atoms with Crippen LogP contribution in [0.1, 0.15) is 52.9 Å². The van der Waals surface area contributed by atoms with E-state index in [0.29, 0.717) is 37.7 Å². The van der Waals surface area contributed by atoms with Crippen LogP contribution >= 0.6 is 0 Å². The highest BCUT2D eigenvalue weighted by atomic mass is 16.6. The van der Waals surface area contributed by atoms with Crippen molar-refractivity contribution in [3.63, 3.8) is 0 Å². The van der Waals surface area contributed by atoms with Crippen molar-refractivity contribution in [3.8, 4) is 0 Å². The molecule has 3 unspecified atom stereocenters. The second-order valence-electron chi connectivity index (χ2n) is 13.2. The molecule has 192 valence electrons. The summed E-state index contributed by atoms with van der Waals surface area (Å²) in [5.41, 5.74) is -2.96. The van der Waals surface area contributed by atoms with Crippen LogP contribution in [0.5, 0.6) is 0 Å². The first-order valence-electron chi connectivity index (χ1n) is 13.5. The second kappa shape index (κ2) is 6.77. The van der Waals surface area contributed by atoms with Crippen molar-refractivity contribution in [2.24, 2.45) is 57.7 Å². The van der Waals surface area contributed by atoms with Gasteiger partial charge in [0.25, 0.3) is 0 Å². The minimum Gasteiger partial charge on any atom is -0.461 e. The van der Waals surface area contributed by atoms with Crippen molar-refractivity contribution < 1.29 is 33.8 Å². The van der Waals surface area contributed by atoms with Gasteiger partial charge >= 0.3 is 11.9 Å². The van der Waals surface area contributed by atoms with Crippen LogP contribution in [-0.4, -0.2) is 46.9 Å². The Balaban J connectivity index is 1.43. The van der Waals surface area contributed by atoms with E-state index in [4.69, 9.17) is 9.47 Å². The van der Waals surface area contributed by atoms with Gasteiger partial charge in [0.05, 0.1) is 16.9 Å². The summed E-state index contributed by atoms with van der Waals surface area (Å²) >= 11 is 0. The Kier molecular flexibility index (Phi) is 4.30. The minimum atomic E-state index is -1.21. The first-order valence-corrected chi connectivity index (χ1v) is 13.5. The topological polar surface area (TPSA) is 107 Å². The van der Waals surface area contributed by atoms with E-state index in [1.807, 2.05) is 13.0 Å². The van der Waals surface area contributed by atoms with Gasteiger partial charge < -0.3 is 14.6 Å². The lowest BCUT2D eigenvalue weighted by molar-refractivity contribution is -0.169. The van der Waals surface area contributed by atoms with E-state index >= 15 is 0 Å². The van der Waals surface area contributed by atoms with Gasteiger partial charge in [-0.1, -0.05) is 26.5 Å². The van der Waals surface area contributed by atoms with Gasteiger partial charge in [-0.2, -0.15) is 0 Å². The molecule has 1 spiro atoms. The highest BCUT2D eigenvalue weighted by Gasteiger charge is 2.83. The highest BCUT2D eigenvalue weighted by Crippen LogP contribution is 2.77. The molecule has 13 atom stereocenters. The predicted molar refractivity (Wildman–Crippen MR) is 126 cm³/mol. The summed E-state index contributed by atoms with van der Waals surface area (Å²) < 4.78 is 11.8. The van der Waals surface area contributed by atoms with Crippen LogP contribution in [0.25, 0.3) is 0 Å². The molecular formula is C29H34O7. The van der Waals surface area contributed by atoms with Gasteiger partial charge in [0.2, 0.25) is 0 Å². The molecule has 1 N–H and O–H groups in total. The van der Waals surface area contributed by atoms with Gasteiger partial charge in [0.15, 0.2) is 5.78 Å². The summed E-state index contributed by atoms with van der Waals surface area (Å²) in [5.74, 6) is -1.99. The Bertz CT molecular complexity index is 1170. The van der Waals surface area contributed by atoms with Crippen molar-refractivity contribution in [3.05, 3.63) is 24.3 Å². The first-order chi connectivity index (χ1) is 17.0. The van der Waals surface area contributed by atoms with Crippen molar-refractivity contribution >= 4 is 23.5 Å². The lowest BCUT2D eigenvalue weighted by atomic mass is 9.49. The van der Waals surface area contributed by atoms with Gasteiger partial charge in [-0.15, -0.1) is 0 Å². The molecule has 7 heteroatoms. The fourth-order valence-corrected chi connectivity index (χ4v) is 10.7. The molecule has 2 aliphatic heterocycles. The Morgan fingerprint density at radius 2 is 1.69 bits per heavy atom. The molecule has 2 bridgehead atoms. The number of rotatable bonds is 0. The fourth-order valence-electron chi connectivity index (χ4n) is 10.7. The molecule has 7 nitrogen and oxygen atoms in total. The third kappa shape index (κ3) is 2.24. The zero-order valence-electron chi connectivity index (χ0n) is 21.1. The van der Waals surface area contributed by atoms with E-state index in [1.165, 1.54) is 0 Å². The molecule has 4 saturated carbocycles. The van der Waals surface area contributed by atoms with Crippen LogP contribution in [0.15, 0.2) is 24.3 Å². The largest absolute Gasteiger partial charge is 0.461 e. The number of allylic oxidation sites excluding steroid dienone is 2. The van der Waals surface area contributed by atoms with Gasteiger partial charge in [-0.25, -0.2) is 4.79 Å². The van der Waals surface area contributed by atoms with Crippen LogP contribution in [0.4, 0.5) is 0 Å². The Hall–Kier alpha value is -2.28. The maximum atomic E-state index is 14.2. The average molecular weight is 495 g/mol. The highest BCUT2D eigenvalue weighted by molar-refractivity contribution is 6.00. The molecule has 2 heterocycles. The molecule has 36 heavy (non-hydrogen) atoms. The van der Waals surface area contributed by atoms with E-state index in [9.17, 15) is 24.3 Å². The molecule has 5 aliphatic carbocycles. The minimum absolute atomic E-state index is 0.00970. The van der Waals surface area contributed by atoms with Crippen LogP contribution in [0.2, 0.25) is 0 Å². The van der Waals surface area contributed by atoms with Crippen molar-refractivity contribution in [1.82, 2.24) is 0 Å². The van der Waals surface area contributed by atoms with Gasteiger partial charge in [-0.05, 0) is 68.3 Å². The average Bonchev–Trinajstić information content (AvgIpc) is 3.48. The fraction of sp³-hybridized carbons (Fsp3) is 0.724. The Morgan fingerprint density at radius 3 is 2.44 bits per heavy atom. The molecule has 2 saturated heterocycles. The van der Waals surface area contributed by atoms with E-state index < -0.39 is 46.3 Å². The number of carbonyl (C=O) groups excluding carboxylic acids is 4. The SMILES string of the molecule is C=C1C(=O)O[C@@H]2C[C@@H](C)[C@@H]3[C@@H]4CC(=O)C3(C[C@H]12)[C@@]1(C4)C(=O)OC2C[C@@H](C)[C@@H]3C=CC(=O)[C@@]3(C)[C@@H](O)C21. The summed E-state index contributed by atoms with van der Waals surface area (Å²) in [6.45, 7) is 10.00. The van der Waals surface area contributed by atoms with E-state index in [0.717, 1.165) is 0 Å². The molecule has 0 aromatic rings. The quantitative estimate of drug-likeness (QED) is 0.408. The molecule has 7 aliphatic rings. The van der Waals surface area contributed by atoms with Crippen LogP contribution in [0, 0.1) is 57.7 Å². The second-order valence-corrected chi connectivity index (χ2v) is 13.2. The van der Waals surface area contributed by atoms with Crippen LogP contribution in [0.3, 0.4) is 0 Å². The monoisotopic (exact) mass is 494 g/mol. The Morgan fingerprint density at radius 1 is 0.972 bits per heavy atom. The van der Waals surface area contributed by atoms with Gasteiger partial charge in [-0.3, -0.25) is 14.4 Å². The number of aliphatic hydroxyl groups excluding tert-OH is 1. The number of hydrogen-bond donors (Lipinski definition) is 1. The predicted octanol–water partition coefficient (Wildman–Crippen LogP) is 2.80. The number of ketones is 2. The zero-order valence-corrected chi connectivity index (χ0v) is 21.1. The summed E-state index contributed by atoms with van der Waals surface area (Å²) in [4.78, 5) is 54.0. The number of hydrogen-bond acceptors (Lipinski definition) is 7. The maximum absolute atomic E-state index is 14.2. The van der Waals surface area contributed by atoms with Crippen molar-refractivity contribution in [1.29, 1.82) is 0 Å². The van der Waals surface area contributed by atoms with Gasteiger partial charge in [0.1, 0.15) is 18.0 Å². The number of ether oxygens (including phenoxy) is 2. The Labute approximate surface area is 210 Å². The molecule has 0 radical (unpaired) electrons. The van der Waals surface area contributed by atoms with Crippen molar-refractivity contribution in [2.45, 2.75) is 71.2 Å². The molecule has 6 fully saturated rings. The number of aliphatic hydroxyl groups is 1. The lowest BCUT2D eigenvalue weighted by Crippen LogP contribution is -2.59. The van der Waals surface area contributed by atoms with E-state index in [-0.39, 0.29) is 53.2 Å². The summed E-state index contributed by atoms with van der Waals surface area (Å²) in [7, 11) is 0. The normalized spacial score (nSPS) is 56.7. The number of fused-ring (bicyclic) bond motifs is 4. The van der Waals surface area contributed by atoms with Crippen LogP contribution in [-0.2, 0) is 28.7 Å². The molecule has 0 aromatic heterocycles.